The molecule has 2 rings (SSSR count). The van der Waals surface area contributed by atoms with Crippen molar-refractivity contribution in [3.8, 4) is 0 Å². The van der Waals surface area contributed by atoms with Gasteiger partial charge in [0.25, 0.3) is 0 Å². The fraction of sp³-hybridized carbons (Fsp3) is 0.692. The molecule has 0 bridgehead atoms. The van der Waals surface area contributed by atoms with Gasteiger partial charge in [0.1, 0.15) is 5.82 Å². The van der Waals surface area contributed by atoms with Crippen LogP contribution in [0.2, 0.25) is 0 Å². The summed E-state index contributed by atoms with van der Waals surface area (Å²) in [6.07, 6.45) is 3.71. The van der Waals surface area contributed by atoms with E-state index in [1.54, 1.807) is 0 Å². The largest absolute Gasteiger partial charge is 0.372 e. The number of aromatic nitrogens is 2. The Balaban J connectivity index is 1.90. The van der Waals surface area contributed by atoms with Crippen molar-refractivity contribution in [2.75, 3.05) is 32.0 Å². The van der Waals surface area contributed by atoms with E-state index in [0.29, 0.717) is 0 Å². The van der Waals surface area contributed by atoms with Gasteiger partial charge in [-0.2, -0.15) is 5.10 Å². The van der Waals surface area contributed by atoms with Crippen molar-refractivity contribution in [3.05, 3.63) is 17.8 Å². The van der Waals surface area contributed by atoms with Crippen molar-refractivity contribution in [1.82, 2.24) is 15.1 Å². The van der Waals surface area contributed by atoms with Gasteiger partial charge < -0.3 is 10.2 Å². The summed E-state index contributed by atoms with van der Waals surface area (Å²) < 4.78 is 0. The minimum Gasteiger partial charge on any atom is -0.372 e. The van der Waals surface area contributed by atoms with Crippen LogP contribution in [0.15, 0.2) is 12.1 Å². The molecule has 94 valence electrons. The van der Waals surface area contributed by atoms with Gasteiger partial charge in [0.05, 0.1) is 5.69 Å². The second kappa shape index (κ2) is 5.96. The Hall–Kier alpha value is -1.16. The van der Waals surface area contributed by atoms with Crippen LogP contribution >= 0.6 is 0 Å². The molecule has 1 unspecified atom stereocenters. The zero-order chi connectivity index (χ0) is 12.1. The van der Waals surface area contributed by atoms with E-state index < -0.39 is 0 Å². The lowest BCUT2D eigenvalue weighted by molar-refractivity contribution is 0.181. The number of nitrogens with zero attached hydrogens (tertiary/aromatic N) is 3. The molecule has 0 radical (unpaired) electrons. The molecule has 1 aromatic heterocycles. The highest BCUT2D eigenvalue weighted by molar-refractivity contribution is 5.31. The molecule has 0 saturated carbocycles. The first-order chi connectivity index (χ1) is 8.31. The quantitative estimate of drug-likeness (QED) is 0.862. The van der Waals surface area contributed by atoms with Crippen LogP contribution in [-0.4, -0.2) is 41.8 Å². The molecule has 1 aliphatic rings. The predicted octanol–water partition coefficient (Wildman–Crippen LogP) is 1.79. The van der Waals surface area contributed by atoms with Crippen molar-refractivity contribution in [2.24, 2.45) is 5.92 Å². The topological polar surface area (TPSA) is 41.0 Å². The molecule has 0 aromatic carbocycles. The van der Waals surface area contributed by atoms with Crippen molar-refractivity contribution in [1.29, 1.82) is 0 Å². The van der Waals surface area contributed by atoms with Crippen LogP contribution in [0.25, 0.3) is 0 Å². The van der Waals surface area contributed by atoms with Gasteiger partial charge in [0, 0.05) is 13.6 Å². The zero-order valence-corrected chi connectivity index (χ0v) is 10.8. The maximum absolute atomic E-state index is 4.26. The predicted molar refractivity (Wildman–Crippen MR) is 70.1 cm³/mol. The van der Waals surface area contributed by atoms with Crippen molar-refractivity contribution in [2.45, 2.75) is 26.2 Å². The summed E-state index contributed by atoms with van der Waals surface area (Å²) in [6.45, 7) is 5.88. The first kappa shape index (κ1) is 12.3. The van der Waals surface area contributed by atoms with Gasteiger partial charge in [-0.3, -0.25) is 0 Å². The van der Waals surface area contributed by atoms with Crippen molar-refractivity contribution >= 4 is 5.82 Å². The molecule has 0 spiro atoms. The second-order valence-corrected chi connectivity index (χ2v) is 4.77. The lowest BCUT2D eigenvalue weighted by Gasteiger charge is -2.31. The molecule has 1 saturated heterocycles. The summed E-state index contributed by atoms with van der Waals surface area (Å²) in [7, 11) is 1.87. The summed E-state index contributed by atoms with van der Waals surface area (Å²) in [6, 6.07) is 4.09. The van der Waals surface area contributed by atoms with Crippen LogP contribution in [0.5, 0.6) is 0 Å². The summed E-state index contributed by atoms with van der Waals surface area (Å²) >= 11 is 0. The van der Waals surface area contributed by atoms with E-state index in [2.05, 4.69) is 33.4 Å². The van der Waals surface area contributed by atoms with E-state index in [1.165, 1.54) is 32.5 Å². The average molecular weight is 234 g/mol. The van der Waals surface area contributed by atoms with Crippen LogP contribution in [-0.2, 0) is 6.42 Å². The van der Waals surface area contributed by atoms with E-state index in [1.807, 2.05) is 13.1 Å². The fourth-order valence-electron chi connectivity index (χ4n) is 2.50. The third-order valence-electron chi connectivity index (χ3n) is 3.52. The molecule has 2 heterocycles. The molecule has 1 fully saturated rings. The number of likely N-dealkylation sites (tertiary alicyclic amines) is 1. The lowest BCUT2D eigenvalue weighted by Crippen LogP contribution is -2.36. The van der Waals surface area contributed by atoms with Gasteiger partial charge >= 0.3 is 0 Å². The highest BCUT2D eigenvalue weighted by atomic mass is 15.2. The van der Waals surface area contributed by atoms with E-state index in [0.717, 1.165) is 23.9 Å². The summed E-state index contributed by atoms with van der Waals surface area (Å²) in [4.78, 5) is 2.53. The van der Waals surface area contributed by atoms with Crippen LogP contribution in [0.1, 0.15) is 25.5 Å². The maximum Gasteiger partial charge on any atom is 0.148 e. The third-order valence-corrected chi connectivity index (χ3v) is 3.52. The standard InChI is InChI=1S/C13H22N4/c1-3-17-8-4-5-11(10-17)9-12-6-7-13(14-2)16-15-12/h6-7,11H,3-5,8-10H2,1-2H3,(H,14,16). The molecule has 1 N–H and O–H groups in total. The van der Waals surface area contributed by atoms with Gasteiger partial charge in [-0.15, -0.1) is 5.10 Å². The first-order valence-corrected chi connectivity index (χ1v) is 6.54. The van der Waals surface area contributed by atoms with Gasteiger partial charge in [0.15, 0.2) is 0 Å². The van der Waals surface area contributed by atoms with Crippen molar-refractivity contribution < 1.29 is 0 Å². The number of hydrogen-bond donors (Lipinski definition) is 1. The Labute approximate surface area is 103 Å². The van der Waals surface area contributed by atoms with Gasteiger partial charge in [-0.25, -0.2) is 0 Å². The number of piperidine rings is 1. The number of nitrogens with one attached hydrogen (secondary N) is 1. The van der Waals surface area contributed by atoms with Crippen LogP contribution in [0, 0.1) is 5.92 Å². The number of rotatable bonds is 4. The molecule has 17 heavy (non-hydrogen) atoms. The Bertz CT molecular complexity index is 336. The molecule has 4 nitrogen and oxygen atoms in total. The smallest absolute Gasteiger partial charge is 0.148 e. The SMILES string of the molecule is CCN1CCCC(Cc2ccc(NC)nn2)C1. The lowest BCUT2D eigenvalue weighted by atomic mass is 9.93. The highest BCUT2D eigenvalue weighted by Crippen LogP contribution is 2.19. The van der Waals surface area contributed by atoms with Gasteiger partial charge in [0.2, 0.25) is 0 Å². The Morgan fingerprint density at radius 2 is 2.29 bits per heavy atom. The van der Waals surface area contributed by atoms with Crippen molar-refractivity contribution in [3.63, 3.8) is 0 Å². The van der Waals surface area contributed by atoms with Gasteiger partial charge in [-0.05, 0) is 50.4 Å². The van der Waals surface area contributed by atoms with Crippen LogP contribution in [0.3, 0.4) is 0 Å². The minimum absolute atomic E-state index is 0.749. The Kier molecular flexibility index (Phi) is 4.31. The number of hydrogen-bond acceptors (Lipinski definition) is 4. The van der Waals surface area contributed by atoms with E-state index >= 15 is 0 Å². The molecular weight excluding hydrogens is 212 g/mol. The highest BCUT2D eigenvalue weighted by Gasteiger charge is 2.19. The molecule has 1 aromatic rings. The molecule has 0 amide bonds. The third kappa shape index (κ3) is 3.40. The Morgan fingerprint density at radius 3 is 2.94 bits per heavy atom. The fourth-order valence-corrected chi connectivity index (χ4v) is 2.50. The molecule has 1 atom stereocenters. The van der Waals surface area contributed by atoms with Crippen LogP contribution in [0.4, 0.5) is 5.82 Å². The van der Waals surface area contributed by atoms with E-state index in [9.17, 15) is 0 Å². The van der Waals surface area contributed by atoms with E-state index in [-0.39, 0.29) is 0 Å². The molecular formula is C13H22N4. The van der Waals surface area contributed by atoms with Gasteiger partial charge in [-0.1, -0.05) is 6.92 Å². The molecule has 1 aliphatic heterocycles. The molecule has 0 aliphatic carbocycles. The first-order valence-electron chi connectivity index (χ1n) is 6.54. The Morgan fingerprint density at radius 1 is 1.41 bits per heavy atom. The molecule has 4 heteroatoms. The maximum atomic E-state index is 4.26. The van der Waals surface area contributed by atoms with Crippen LogP contribution < -0.4 is 5.32 Å². The van der Waals surface area contributed by atoms with E-state index in [4.69, 9.17) is 0 Å². The minimum atomic E-state index is 0.749. The summed E-state index contributed by atoms with van der Waals surface area (Å²) in [5, 5.41) is 11.4. The normalized spacial score (nSPS) is 21.4. The number of anilines is 1. The summed E-state index contributed by atoms with van der Waals surface area (Å²) in [5.74, 6) is 1.59. The second-order valence-electron chi connectivity index (χ2n) is 4.77. The average Bonchev–Trinajstić information content (AvgIpc) is 2.40. The zero-order valence-electron chi connectivity index (χ0n) is 10.8. The monoisotopic (exact) mass is 234 g/mol. The summed E-state index contributed by atoms with van der Waals surface area (Å²) in [5.41, 5.74) is 1.12.